The van der Waals surface area contributed by atoms with E-state index in [2.05, 4.69) is 35.5 Å². The predicted molar refractivity (Wildman–Crippen MR) is 103 cm³/mol. The van der Waals surface area contributed by atoms with Crippen molar-refractivity contribution in [3.05, 3.63) is 50.6 Å². The number of nitrogens with one attached hydrogen (secondary N) is 1. The number of pyridine rings is 1. The van der Waals surface area contributed by atoms with Gasteiger partial charge >= 0.3 is 0 Å². The van der Waals surface area contributed by atoms with E-state index >= 15 is 0 Å². The van der Waals surface area contributed by atoms with Crippen molar-refractivity contribution in [3.63, 3.8) is 0 Å². The number of hydrogen-bond acceptors (Lipinski definition) is 8. The van der Waals surface area contributed by atoms with E-state index in [0.717, 1.165) is 4.68 Å². The maximum absolute atomic E-state index is 13.1. The molecule has 28 heavy (non-hydrogen) atoms. The predicted octanol–water partition coefficient (Wildman–Crippen LogP) is 1.45. The number of fused-ring (bicyclic) bond motifs is 2. The van der Waals surface area contributed by atoms with Gasteiger partial charge in [-0.25, -0.2) is 15.1 Å². The van der Waals surface area contributed by atoms with Gasteiger partial charge < -0.3 is 0 Å². The van der Waals surface area contributed by atoms with Gasteiger partial charge in [0.2, 0.25) is 0 Å². The molecule has 0 spiro atoms. The Kier molecular flexibility index (Phi) is 4.17. The van der Waals surface area contributed by atoms with Crippen molar-refractivity contribution in [3.8, 4) is 5.95 Å². The molecule has 0 fully saturated rings. The molecule has 0 amide bonds. The second-order valence-electron chi connectivity index (χ2n) is 7.08. The van der Waals surface area contributed by atoms with E-state index in [-0.39, 0.29) is 23.3 Å². The van der Waals surface area contributed by atoms with Gasteiger partial charge in [0.25, 0.3) is 17.1 Å². The summed E-state index contributed by atoms with van der Waals surface area (Å²) in [5, 5.41) is 15.3. The molecule has 4 aromatic rings. The summed E-state index contributed by atoms with van der Waals surface area (Å²) in [6.45, 7) is 7.80. The molecule has 0 aliphatic rings. The maximum Gasteiger partial charge on any atom is 0.290 e. The zero-order valence-corrected chi connectivity index (χ0v) is 15.8. The van der Waals surface area contributed by atoms with Gasteiger partial charge in [-0.2, -0.15) is 5.10 Å². The highest BCUT2D eigenvalue weighted by atomic mass is 16.1. The number of hydrogen-bond donors (Lipinski definition) is 1. The Morgan fingerprint density at radius 1 is 0.964 bits per heavy atom. The Bertz CT molecular complexity index is 1320. The number of H-pyrrole nitrogens is 1. The van der Waals surface area contributed by atoms with E-state index < -0.39 is 11.1 Å². The number of aromatic amines is 1. The van der Waals surface area contributed by atoms with Crippen LogP contribution >= 0.6 is 0 Å². The van der Waals surface area contributed by atoms with Gasteiger partial charge in [0, 0.05) is 11.6 Å². The van der Waals surface area contributed by atoms with Crippen molar-refractivity contribution in [2.45, 2.75) is 39.5 Å². The van der Waals surface area contributed by atoms with Crippen LogP contribution in [0.2, 0.25) is 0 Å². The van der Waals surface area contributed by atoms with Crippen LogP contribution in [0.4, 0.5) is 0 Å². The van der Waals surface area contributed by atoms with Crippen molar-refractivity contribution in [1.29, 1.82) is 0 Å². The first kappa shape index (κ1) is 17.8. The fourth-order valence-electron chi connectivity index (χ4n) is 3.06. The van der Waals surface area contributed by atoms with E-state index in [4.69, 9.17) is 0 Å². The molecule has 142 valence electrons. The highest BCUT2D eigenvalue weighted by molar-refractivity contribution is 5.81. The Hall–Kier alpha value is -3.56. The van der Waals surface area contributed by atoms with Crippen LogP contribution in [0.15, 0.2) is 28.0 Å². The van der Waals surface area contributed by atoms with Crippen LogP contribution in [-0.2, 0) is 0 Å². The van der Waals surface area contributed by atoms with Gasteiger partial charge in [0.15, 0.2) is 0 Å². The highest BCUT2D eigenvalue weighted by Crippen LogP contribution is 2.21. The van der Waals surface area contributed by atoms with Crippen LogP contribution in [-0.4, -0.2) is 40.1 Å². The third-order valence-electron chi connectivity index (χ3n) is 4.43. The first-order chi connectivity index (χ1) is 13.4. The molecule has 10 heteroatoms. The fourth-order valence-corrected chi connectivity index (χ4v) is 3.06. The SMILES string of the molecule is CC(C)c1nc(-n2nnc3c(C(C)C)nccc3c2=O)nc2c(=O)[nH]ncc12. The standard InChI is InChI=1S/C18H18N8O2/c1-8(2)12-11-7-20-24-16(27)15(11)22-18(21-12)26-17(28)10-5-6-19-13(9(3)4)14(10)23-25-26/h5-9H,1-4H3,(H,24,27). The van der Waals surface area contributed by atoms with Crippen molar-refractivity contribution in [2.75, 3.05) is 0 Å². The van der Waals surface area contributed by atoms with Gasteiger partial charge in [-0.15, -0.1) is 9.78 Å². The van der Waals surface area contributed by atoms with Crippen molar-refractivity contribution >= 4 is 21.8 Å². The van der Waals surface area contributed by atoms with Crippen LogP contribution in [0, 0.1) is 0 Å². The zero-order valence-electron chi connectivity index (χ0n) is 15.8. The normalized spacial score (nSPS) is 11.8. The van der Waals surface area contributed by atoms with E-state index in [0.29, 0.717) is 27.7 Å². The third kappa shape index (κ3) is 2.73. The Morgan fingerprint density at radius 2 is 1.71 bits per heavy atom. The molecule has 4 aromatic heterocycles. The minimum Gasteiger partial charge on any atom is -0.266 e. The average molecular weight is 378 g/mol. The second kappa shape index (κ2) is 6.55. The monoisotopic (exact) mass is 378 g/mol. The van der Waals surface area contributed by atoms with Gasteiger partial charge in [-0.1, -0.05) is 32.9 Å². The Balaban J connectivity index is 2.05. The Labute approximate surface area is 158 Å². The molecule has 0 saturated heterocycles. The smallest absolute Gasteiger partial charge is 0.266 e. The molecule has 0 atom stereocenters. The minimum absolute atomic E-state index is 0.00444. The summed E-state index contributed by atoms with van der Waals surface area (Å²) < 4.78 is 1.01. The van der Waals surface area contributed by atoms with E-state index in [1.807, 2.05) is 27.7 Å². The molecular formula is C18H18N8O2. The minimum atomic E-state index is -0.462. The molecule has 0 aromatic carbocycles. The summed E-state index contributed by atoms with van der Waals surface area (Å²) in [6, 6.07) is 1.59. The summed E-state index contributed by atoms with van der Waals surface area (Å²) >= 11 is 0. The molecule has 4 rings (SSSR count). The fraction of sp³-hybridized carbons (Fsp3) is 0.333. The number of rotatable bonds is 3. The summed E-state index contributed by atoms with van der Waals surface area (Å²) in [5.74, 6) is 0.0627. The molecule has 10 nitrogen and oxygen atoms in total. The van der Waals surface area contributed by atoms with Crippen molar-refractivity contribution in [2.24, 2.45) is 0 Å². The number of aromatic nitrogens is 8. The van der Waals surface area contributed by atoms with Gasteiger partial charge in [0.05, 0.1) is 23.0 Å². The molecule has 0 aliphatic heterocycles. The molecule has 4 heterocycles. The summed E-state index contributed by atoms with van der Waals surface area (Å²) in [7, 11) is 0. The van der Waals surface area contributed by atoms with E-state index in [1.165, 1.54) is 6.20 Å². The largest absolute Gasteiger partial charge is 0.290 e. The molecule has 0 saturated carbocycles. The highest BCUT2D eigenvalue weighted by Gasteiger charge is 2.18. The Morgan fingerprint density at radius 3 is 2.43 bits per heavy atom. The second-order valence-corrected chi connectivity index (χ2v) is 7.08. The van der Waals surface area contributed by atoms with Crippen LogP contribution in [0.3, 0.4) is 0 Å². The lowest BCUT2D eigenvalue weighted by atomic mass is 10.1. The molecule has 0 unspecified atom stereocenters. The van der Waals surface area contributed by atoms with Crippen LogP contribution in [0.5, 0.6) is 0 Å². The summed E-state index contributed by atoms with van der Waals surface area (Å²) in [6.07, 6.45) is 3.08. The van der Waals surface area contributed by atoms with Gasteiger partial charge in [-0.3, -0.25) is 14.6 Å². The first-order valence-electron chi connectivity index (χ1n) is 8.88. The third-order valence-corrected chi connectivity index (χ3v) is 4.43. The van der Waals surface area contributed by atoms with Crippen molar-refractivity contribution in [1.82, 2.24) is 40.1 Å². The zero-order chi connectivity index (χ0) is 20.0. The first-order valence-corrected chi connectivity index (χ1v) is 8.88. The van der Waals surface area contributed by atoms with E-state index in [1.54, 1.807) is 12.3 Å². The molecular weight excluding hydrogens is 360 g/mol. The molecule has 0 bridgehead atoms. The lowest BCUT2D eigenvalue weighted by Gasteiger charge is -2.11. The maximum atomic E-state index is 13.1. The van der Waals surface area contributed by atoms with E-state index in [9.17, 15) is 9.59 Å². The average Bonchev–Trinajstić information content (AvgIpc) is 2.67. The van der Waals surface area contributed by atoms with Crippen LogP contribution < -0.4 is 11.1 Å². The lowest BCUT2D eigenvalue weighted by molar-refractivity contribution is 0.685. The van der Waals surface area contributed by atoms with Crippen LogP contribution in [0.25, 0.3) is 27.8 Å². The lowest BCUT2D eigenvalue weighted by Crippen LogP contribution is -2.26. The molecule has 0 radical (unpaired) electrons. The van der Waals surface area contributed by atoms with Gasteiger partial charge in [-0.05, 0) is 17.9 Å². The molecule has 1 N–H and O–H groups in total. The quantitative estimate of drug-likeness (QED) is 0.566. The number of nitrogens with zero attached hydrogens (tertiary/aromatic N) is 7. The van der Waals surface area contributed by atoms with Gasteiger partial charge in [0.1, 0.15) is 11.0 Å². The summed E-state index contributed by atoms with van der Waals surface area (Å²) in [4.78, 5) is 38.3. The molecule has 0 aliphatic carbocycles. The summed E-state index contributed by atoms with van der Waals surface area (Å²) in [5.41, 5.74) is 1.01. The van der Waals surface area contributed by atoms with Crippen molar-refractivity contribution < 1.29 is 0 Å². The topological polar surface area (TPSA) is 132 Å². The van der Waals surface area contributed by atoms with Crippen LogP contribution in [0.1, 0.15) is 50.9 Å².